The second kappa shape index (κ2) is 12.5. The van der Waals surface area contributed by atoms with E-state index in [0.717, 1.165) is 11.1 Å². The van der Waals surface area contributed by atoms with Gasteiger partial charge in [-0.3, -0.25) is 14.4 Å². The van der Waals surface area contributed by atoms with Gasteiger partial charge >= 0.3 is 0 Å². The van der Waals surface area contributed by atoms with Crippen molar-refractivity contribution >= 4 is 41.0 Å². The zero-order valence-corrected chi connectivity index (χ0v) is 20.7. The molecule has 4 aromatic carbocycles. The molecule has 0 aliphatic carbocycles. The monoisotopic (exact) mass is 508 g/mol. The summed E-state index contributed by atoms with van der Waals surface area (Å²) in [6.45, 7) is 0. The Hall–Kier alpha value is -4.48. The van der Waals surface area contributed by atoms with Gasteiger partial charge in [-0.05, 0) is 59.2 Å². The molecule has 0 saturated carbocycles. The molecule has 5 nitrogen and oxygen atoms in total. The summed E-state index contributed by atoms with van der Waals surface area (Å²) in [5.41, 5.74) is 3.60. The van der Waals surface area contributed by atoms with Crippen LogP contribution in [0.2, 0.25) is 5.02 Å². The molecule has 0 atom stereocenters. The van der Waals surface area contributed by atoms with Crippen LogP contribution in [0.5, 0.6) is 0 Å². The molecule has 6 heteroatoms. The van der Waals surface area contributed by atoms with Gasteiger partial charge in [-0.25, -0.2) is 0 Å². The van der Waals surface area contributed by atoms with E-state index in [1.54, 1.807) is 66.7 Å². The largest absolute Gasteiger partial charge is 0.321 e. The SMILES string of the molecule is O=C(Cc1ccccc1)Cc1ccc(NC(=O)/C(=C/c2ccc(Cl)cc2)NC(=O)c2ccccc2)cc1. The molecule has 4 rings (SSSR count). The number of Topliss-reactive ketones (excluding diaryl/α,β-unsaturated/α-hetero) is 1. The molecule has 0 fully saturated rings. The topological polar surface area (TPSA) is 75.3 Å². The number of rotatable bonds is 9. The quantitative estimate of drug-likeness (QED) is 0.268. The van der Waals surface area contributed by atoms with Gasteiger partial charge in [0.25, 0.3) is 11.8 Å². The maximum Gasteiger partial charge on any atom is 0.272 e. The highest BCUT2D eigenvalue weighted by Crippen LogP contribution is 2.16. The number of hydrogen-bond acceptors (Lipinski definition) is 3. The molecule has 0 radical (unpaired) electrons. The van der Waals surface area contributed by atoms with Crippen molar-refractivity contribution in [2.75, 3.05) is 5.32 Å². The normalized spacial score (nSPS) is 11.0. The smallest absolute Gasteiger partial charge is 0.272 e. The second-order valence-corrected chi connectivity index (χ2v) is 8.90. The van der Waals surface area contributed by atoms with Crippen molar-refractivity contribution in [2.45, 2.75) is 12.8 Å². The number of halogens is 1. The first-order chi connectivity index (χ1) is 18.0. The maximum atomic E-state index is 13.1. The van der Waals surface area contributed by atoms with Crippen molar-refractivity contribution < 1.29 is 14.4 Å². The van der Waals surface area contributed by atoms with E-state index in [0.29, 0.717) is 34.7 Å². The van der Waals surface area contributed by atoms with E-state index in [4.69, 9.17) is 11.6 Å². The van der Waals surface area contributed by atoms with Crippen molar-refractivity contribution in [3.8, 4) is 0 Å². The summed E-state index contributed by atoms with van der Waals surface area (Å²) in [6, 6.07) is 32.3. The molecule has 0 heterocycles. The van der Waals surface area contributed by atoms with E-state index >= 15 is 0 Å². The summed E-state index contributed by atoms with van der Waals surface area (Å²) < 4.78 is 0. The fourth-order valence-electron chi connectivity index (χ4n) is 3.69. The number of carbonyl (C=O) groups is 3. The van der Waals surface area contributed by atoms with Crippen LogP contribution in [0.4, 0.5) is 5.69 Å². The summed E-state index contributed by atoms with van der Waals surface area (Å²) in [4.78, 5) is 38.3. The zero-order valence-electron chi connectivity index (χ0n) is 20.0. The molecule has 2 amide bonds. The fraction of sp³-hybridized carbons (Fsp3) is 0.0645. The van der Waals surface area contributed by atoms with Crippen LogP contribution in [0, 0.1) is 0 Å². The van der Waals surface area contributed by atoms with Crippen LogP contribution >= 0.6 is 11.6 Å². The molecule has 0 aliphatic rings. The van der Waals surface area contributed by atoms with E-state index < -0.39 is 11.8 Å². The predicted octanol–water partition coefficient (Wildman–Crippen LogP) is 6.10. The van der Waals surface area contributed by atoms with E-state index in [9.17, 15) is 14.4 Å². The lowest BCUT2D eigenvalue weighted by atomic mass is 10.0. The number of amides is 2. The Balaban J connectivity index is 1.45. The lowest BCUT2D eigenvalue weighted by Gasteiger charge is -2.12. The first kappa shape index (κ1) is 25.6. The third-order valence-electron chi connectivity index (χ3n) is 5.57. The molecular weight excluding hydrogens is 484 g/mol. The number of benzene rings is 4. The molecule has 0 spiro atoms. The van der Waals surface area contributed by atoms with E-state index in [-0.39, 0.29) is 11.5 Å². The summed E-state index contributed by atoms with van der Waals surface area (Å²) in [5, 5.41) is 6.10. The Morgan fingerprint density at radius 2 is 1.24 bits per heavy atom. The third-order valence-corrected chi connectivity index (χ3v) is 5.82. The highest BCUT2D eigenvalue weighted by atomic mass is 35.5. The van der Waals surface area contributed by atoms with Gasteiger partial charge in [-0.1, -0.05) is 84.4 Å². The first-order valence-electron chi connectivity index (χ1n) is 11.8. The molecular formula is C31H25ClN2O3. The van der Waals surface area contributed by atoms with E-state index in [1.165, 1.54) is 0 Å². The van der Waals surface area contributed by atoms with Crippen molar-refractivity contribution in [1.82, 2.24) is 5.32 Å². The van der Waals surface area contributed by atoms with Crippen LogP contribution in [0.15, 0.2) is 115 Å². The molecule has 0 aromatic heterocycles. The average Bonchev–Trinajstić information content (AvgIpc) is 2.91. The maximum absolute atomic E-state index is 13.1. The number of carbonyl (C=O) groups excluding carboxylic acids is 3. The van der Waals surface area contributed by atoms with Crippen LogP contribution in [0.25, 0.3) is 6.08 Å². The molecule has 4 aromatic rings. The van der Waals surface area contributed by atoms with E-state index in [1.807, 2.05) is 48.5 Å². The molecule has 0 unspecified atom stereocenters. The highest BCUT2D eigenvalue weighted by Gasteiger charge is 2.15. The Kier molecular flexibility index (Phi) is 8.63. The standard InChI is InChI=1S/C31H25ClN2O3/c32-26-15-11-24(12-16-26)21-29(34-30(36)25-9-5-2-6-10-25)31(37)33-27-17-13-23(14-18-27)20-28(35)19-22-7-3-1-4-8-22/h1-18,21H,19-20H2,(H,33,37)(H,34,36)/b29-21-. The Morgan fingerprint density at radius 1 is 0.676 bits per heavy atom. The Bertz CT molecular complexity index is 1400. The lowest BCUT2D eigenvalue weighted by molar-refractivity contribution is -0.117. The number of hydrogen-bond donors (Lipinski definition) is 2. The summed E-state index contributed by atoms with van der Waals surface area (Å²) in [6.07, 6.45) is 2.26. The van der Waals surface area contributed by atoms with Crippen molar-refractivity contribution in [1.29, 1.82) is 0 Å². The van der Waals surface area contributed by atoms with Gasteiger partial charge in [0.05, 0.1) is 0 Å². The van der Waals surface area contributed by atoms with Crippen LogP contribution in [0.1, 0.15) is 27.0 Å². The number of nitrogens with one attached hydrogen (secondary N) is 2. The Morgan fingerprint density at radius 3 is 1.86 bits per heavy atom. The number of ketones is 1. The predicted molar refractivity (Wildman–Crippen MR) is 147 cm³/mol. The van der Waals surface area contributed by atoms with Crippen LogP contribution in [0.3, 0.4) is 0 Å². The number of anilines is 1. The van der Waals surface area contributed by atoms with Gasteiger partial charge in [-0.15, -0.1) is 0 Å². The highest BCUT2D eigenvalue weighted by molar-refractivity contribution is 6.30. The van der Waals surface area contributed by atoms with Crippen LogP contribution in [-0.2, 0) is 22.4 Å². The van der Waals surface area contributed by atoms with Crippen molar-refractivity contribution in [3.63, 3.8) is 0 Å². The summed E-state index contributed by atoms with van der Waals surface area (Å²) in [7, 11) is 0. The molecule has 184 valence electrons. The minimum atomic E-state index is -0.480. The third kappa shape index (κ3) is 7.75. The fourth-order valence-corrected chi connectivity index (χ4v) is 3.81. The van der Waals surface area contributed by atoms with Gasteiger partial charge in [0.15, 0.2) is 0 Å². The molecule has 2 N–H and O–H groups in total. The van der Waals surface area contributed by atoms with Crippen molar-refractivity contribution in [2.24, 2.45) is 0 Å². The minimum absolute atomic E-state index is 0.0818. The average molecular weight is 509 g/mol. The summed E-state index contributed by atoms with van der Waals surface area (Å²) >= 11 is 5.98. The first-order valence-corrected chi connectivity index (χ1v) is 12.1. The van der Waals surface area contributed by atoms with Crippen LogP contribution < -0.4 is 10.6 Å². The molecule has 0 bridgehead atoms. The zero-order chi connectivity index (χ0) is 26.0. The second-order valence-electron chi connectivity index (χ2n) is 8.46. The van der Waals surface area contributed by atoms with Gasteiger partial charge < -0.3 is 10.6 Å². The summed E-state index contributed by atoms with van der Waals surface area (Å²) in [5.74, 6) is -0.768. The van der Waals surface area contributed by atoms with Crippen LogP contribution in [-0.4, -0.2) is 17.6 Å². The molecule has 0 saturated heterocycles. The van der Waals surface area contributed by atoms with Gasteiger partial charge in [0.2, 0.25) is 0 Å². The van der Waals surface area contributed by atoms with Gasteiger partial charge in [0, 0.05) is 29.1 Å². The van der Waals surface area contributed by atoms with Gasteiger partial charge in [0.1, 0.15) is 11.5 Å². The minimum Gasteiger partial charge on any atom is -0.321 e. The molecule has 37 heavy (non-hydrogen) atoms. The van der Waals surface area contributed by atoms with Crippen molar-refractivity contribution in [3.05, 3.63) is 142 Å². The Labute approximate surface area is 220 Å². The molecule has 0 aliphatic heterocycles. The lowest BCUT2D eigenvalue weighted by Crippen LogP contribution is -2.30. The van der Waals surface area contributed by atoms with Gasteiger partial charge in [-0.2, -0.15) is 0 Å². The van der Waals surface area contributed by atoms with E-state index in [2.05, 4.69) is 10.6 Å².